The number of nitrogens with zero attached hydrogens (tertiary/aromatic N) is 2. The Morgan fingerprint density at radius 1 is 1.26 bits per heavy atom. The minimum Gasteiger partial charge on any atom is -0.488 e. The van der Waals surface area contributed by atoms with Gasteiger partial charge in [-0.25, -0.2) is 4.39 Å². The van der Waals surface area contributed by atoms with Crippen molar-refractivity contribution in [3.63, 3.8) is 0 Å². The number of thiophene rings is 1. The maximum Gasteiger partial charge on any atom is 0.242 e. The van der Waals surface area contributed by atoms with Crippen LogP contribution in [0.5, 0.6) is 5.75 Å². The lowest BCUT2D eigenvalue weighted by atomic mass is 10.00. The van der Waals surface area contributed by atoms with Crippen LogP contribution in [0.4, 0.5) is 4.39 Å². The van der Waals surface area contributed by atoms with Crippen LogP contribution in [0.15, 0.2) is 35.7 Å². The minimum absolute atomic E-state index is 0.0210. The number of halogens is 1. The Labute approximate surface area is 186 Å². The zero-order valence-corrected chi connectivity index (χ0v) is 18.9. The van der Waals surface area contributed by atoms with Gasteiger partial charge in [-0.15, -0.1) is 11.3 Å². The second-order valence-corrected chi connectivity index (χ2v) is 9.71. The summed E-state index contributed by atoms with van der Waals surface area (Å²) in [6.45, 7) is 5.23. The van der Waals surface area contributed by atoms with E-state index < -0.39 is 5.82 Å². The normalized spacial score (nSPS) is 18.1. The predicted molar refractivity (Wildman–Crippen MR) is 119 cm³/mol. The molecular formula is C24H29FN2O3S. The van der Waals surface area contributed by atoms with Gasteiger partial charge in [0.05, 0.1) is 12.6 Å². The van der Waals surface area contributed by atoms with Crippen molar-refractivity contribution in [1.29, 1.82) is 0 Å². The molecule has 0 radical (unpaired) electrons. The fraction of sp³-hybridized carbons (Fsp3) is 0.500. The molecule has 2 aliphatic rings. The highest BCUT2D eigenvalue weighted by molar-refractivity contribution is 7.10. The fourth-order valence-electron chi connectivity index (χ4n) is 4.07. The van der Waals surface area contributed by atoms with Crippen molar-refractivity contribution in [2.24, 2.45) is 11.8 Å². The molecule has 1 fully saturated rings. The summed E-state index contributed by atoms with van der Waals surface area (Å²) >= 11 is 1.67. The quantitative estimate of drug-likeness (QED) is 0.610. The van der Waals surface area contributed by atoms with Crippen LogP contribution in [0.2, 0.25) is 0 Å². The summed E-state index contributed by atoms with van der Waals surface area (Å²) < 4.78 is 19.9. The van der Waals surface area contributed by atoms with Gasteiger partial charge in [-0.05, 0) is 54.3 Å². The molecule has 5 nitrogen and oxygen atoms in total. The van der Waals surface area contributed by atoms with Crippen molar-refractivity contribution < 1.29 is 18.7 Å². The average molecular weight is 445 g/mol. The molecule has 1 aliphatic carbocycles. The van der Waals surface area contributed by atoms with E-state index in [9.17, 15) is 14.0 Å². The molecule has 0 saturated heterocycles. The summed E-state index contributed by atoms with van der Waals surface area (Å²) in [5.41, 5.74) is 1.06. The van der Waals surface area contributed by atoms with Crippen molar-refractivity contribution in [3.8, 4) is 5.75 Å². The Bertz CT molecular complexity index is 940. The van der Waals surface area contributed by atoms with E-state index in [4.69, 9.17) is 4.74 Å². The first-order valence-electron chi connectivity index (χ1n) is 11.0. The summed E-state index contributed by atoms with van der Waals surface area (Å²) in [6.07, 6.45) is 3.03. The Balaban J connectivity index is 1.51. The van der Waals surface area contributed by atoms with Gasteiger partial charge in [0.1, 0.15) is 6.61 Å². The summed E-state index contributed by atoms with van der Waals surface area (Å²) in [6, 6.07) is 8.04. The molecule has 2 amide bonds. The SMILES string of the molecule is CC(C)C(=O)N(CC(=O)N1CCc2sccc2[C@H]1COc1ccccc1F)CC1CC1. The standard InChI is InChI=1S/C24H29FN2O3S/c1-16(2)24(29)26(13-17-7-8-17)14-23(28)27-11-9-22-18(10-12-31-22)20(27)15-30-21-6-4-3-5-19(21)25/h3-6,10,12,16-17,20H,7-9,11,13-15H2,1-2H3/t20-/m1/s1. The van der Waals surface area contributed by atoms with Crippen LogP contribution >= 0.6 is 11.3 Å². The number of hydrogen-bond acceptors (Lipinski definition) is 4. The molecule has 1 aromatic heterocycles. The van der Waals surface area contributed by atoms with Crippen LogP contribution in [0, 0.1) is 17.7 Å². The van der Waals surface area contributed by atoms with Crippen LogP contribution in [0.1, 0.15) is 43.2 Å². The van der Waals surface area contributed by atoms with Crippen molar-refractivity contribution in [2.75, 3.05) is 26.2 Å². The summed E-state index contributed by atoms with van der Waals surface area (Å²) in [7, 11) is 0. The Morgan fingerprint density at radius 2 is 2.03 bits per heavy atom. The molecule has 0 bridgehead atoms. The van der Waals surface area contributed by atoms with Crippen LogP contribution < -0.4 is 4.74 Å². The van der Waals surface area contributed by atoms with E-state index in [2.05, 4.69) is 0 Å². The molecule has 2 aromatic rings. The van der Waals surface area contributed by atoms with Crippen LogP contribution in [0.3, 0.4) is 0 Å². The van der Waals surface area contributed by atoms with E-state index >= 15 is 0 Å². The molecule has 31 heavy (non-hydrogen) atoms. The van der Waals surface area contributed by atoms with Gasteiger partial charge in [-0.1, -0.05) is 26.0 Å². The van der Waals surface area contributed by atoms with Gasteiger partial charge in [0, 0.05) is 23.9 Å². The fourth-order valence-corrected chi connectivity index (χ4v) is 5.00. The maximum atomic E-state index is 14.1. The third kappa shape index (κ3) is 5.09. The minimum atomic E-state index is -0.417. The number of amides is 2. The molecule has 1 aliphatic heterocycles. The Kier molecular flexibility index (Phi) is 6.60. The number of hydrogen-bond donors (Lipinski definition) is 0. The van der Waals surface area contributed by atoms with E-state index in [0.717, 1.165) is 24.8 Å². The van der Waals surface area contributed by atoms with E-state index in [1.54, 1.807) is 34.4 Å². The lowest BCUT2D eigenvalue weighted by Gasteiger charge is -2.37. The van der Waals surface area contributed by atoms with Crippen molar-refractivity contribution in [1.82, 2.24) is 9.80 Å². The lowest BCUT2D eigenvalue weighted by Crippen LogP contribution is -2.49. The average Bonchev–Trinajstić information content (AvgIpc) is 3.44. The number of benzene rings is 1. The van der Waals surface area contributed by atoms with Gasteiger partial charge in [-0.3, -0.25) is 9.59 Å². The molecular weight excluding hydrogens is 415 g/mol. The molecule has 166 valence electrons. The smallest absolute Gasteiger partial charge is 0.242 e. The molecule has 4 rings (SSSR count). The van der Waals surface area contributed by atoms with Crippen molar-refractivity contribution >= 4 is 23.2 Å². The molecule has 7 heteroatoms. The van der Waals surface area contributed by atoms with Gasteiger partial charge >= 0.3 is 0 Å². The van der Waals surface area contributed by atoms with E-state index in [1.807, 2.05) is 30.2 Å². The third-order valence-electron chi connectivity index (χ3n) is 5.96. The number of ether oxygens (including phenoxy) is 1. The molecule has 0 spiro atoms. The van der Waals surface area contributed by atoms with Crippen LogP contribution in [-0.2, 0) is 16.0 Å². The molecule has 1 aromatic carbocycles. The topological polar surface area (TPSA) is 49.9 Å². The Hall–Kier alpha value is -2.41. The first-order chi connectivity index (χ1) is 14.9. The highest BCUT2D eigenvalue weighted by Gasteiger charge is 2.35. The van der Waals surface area contributed by atoms with E-state index in [0.29, 0.717) is 19.0 Å². The Morgan fingerprint density at radius 3 is 2.74 bits per heavy atom. The van der Waals surface area contributed by atoms with Gasteiger partial charge < -0.3 is 14.5 Å². The lowest BCUT2D eigenvalue weighted by molar-refractivity contribution is -0.144. The van der Waals surface area contributed by atoms with E-state index in [-0.39, 0.29) is 42.7 Å². The number of fused-ring (bicyclic) bond motifs is 1. The largest absolute Gasteiger partial charge is 0.488 e. The first-order valence-corrected chi connectivity index (χ1v) is 11.8. The predicted octanol–water partition coefficient (Wildman–Crippen LogP) is 4.29. The van der Waals surface area contributed by atoms with Crippen LogP contribution in [-0.4, -0.2) is 47.9 Å². The summed E-state index contributed by atoms with van der Waals surface area (Å²) in [5.74, 6) is 0.0841. The maximum absolute atomic E-state index is 14.1. The molecule has 0 N–H and O–H groups in total. The highest BCUT2D eigenvalue weighted by Crippen LogP contribution is 2.35. The van der Waals surface area contributed by atoms with Crippen molar-refractivity contribution in [2.45, 2.75) is 39.2 Å². The number of carbonyl (C=O) groups excluding carboxylic acids is 2. The number of rotatable bonds is 8. The number of carbonyl (C=O) groups is 2. The zero-order valence-electron chi connectivity index (χ0n) is 18.1. The van der Waals surface area contributed by atoms with Crippen LogP contribution in [0.25, 0.3) is 0 Å². The zero-order chi connectivity index (χ0) is 22.0. The van der Waals surface area contributed by atoms with Gasteiger partial charge in [0.2, 0.25) is 11.8 Å². The molecule has 0 unspecified atom stereocenters. The first kappa shape index (κ1) is 21.8. The van der Waals surface area contributed by atoms with E-state index in [1.165, 1.54) is 10.9 Å². The second-order valence-electron chi connectivity index (χ2n) is 8.71. The number of para-hydroxylation sites is 1. The summed E-state index contributed by atoms with van der Waals surface area (Å²) in [4.78, 5) is 30.8. The van der Waals surface area contributed by atoms with Gasteiger partial charge in [-0.2, -0.15) is 0 Å². The molecule has 1 atom stereocenters. The molecule has 1 saturated carbocycles. The van der Waals surface area contributed by atoms with Crippen molar-refractivity contribution in [3.05, 3.63) is 52.0 Å². The highest BCUT2D eigenvalue weighted by atomic mass is 32.1. The summed E-state index contributed by atoms with van der Waals surface area (Å²) in [5, 5.41) is 2.02. The third-order valence-corrected chi connectivity index (χ3v) is 6.95. The second kappa shape index (κ2) is 9.39. The van der Waals surface area contributed by atoms with Gasteiger partial charge in [0.15, 0.2) is 11.6 Å². The molecule has 2 heterocycles. The monoisotopic (exact) mass is 444 g/mol. The van der Waals surface area contributed by atoms with Gasteiger partial charge in [0.25, 0.3) is 0 Å².